The van der Waals surface area contributed by atoms with E-state index in [1.807, 2.05) is 29.1 Å². The van der Waals surface area contributed by atoms with Crippen LogP contribution in [-0.4, -0.2) is 25.4 Å². The molecule has 0 saturated heterocycles. The molecule has 0 bridgehead atoms. The van der Waals surface area contributed by atoms with Gasteiger partial charge < -0.3 is 9.88 Å². The highest BCUT2D eigenvalue weighted by atomic mass is 32.1. The summed E-state index contributed by atoms with van der Waals surface area (Å²) in [5.74, 6) is -0.272. The zero-order valence-corrected chi connectivity index (χ0v) is 17.0. The Labute approximate surface area is 176 Å². The number of nitrogens with zero attached hydrogens (tertiary/aromatic N) is 4. The van der Waals surface area contributed by atoms with Crippen LogP contribution in [0.15, 0.2) is 54.4 Å². The number of anilines is 1. The lowest BCUT2D eigenvalue weighted by Crippen LogP contribution is -2.16. The third-order valence-corrected chi connectivity index (χ3v) is 5.84. The van der Waals surface area contributed by atoms with E-state index in [9.17, 15) is 9.18 Å². The third-order valence-electron chi connectivity index (χ3n) is 5.05. The first-order valence-corrected chi connectivity index (χ1v) is 10.5. The molecule has 0 atom stereocenters. The van der Waals surface area contributed by atoms with Gasteiger partial charge in [-0.1, -0.05) is 6.07 Å². The van der Waals surface area contributed by atoms with Crippen LogP contribution in [0.4, 0.5) is 10.2 Å². The number of carbonyl (C=O) groups excluding carboxylic acids is 1. The first-order valence-electron chi connectivity index (χ1n) is 9.61. The zero-order valence-electron chi connectivity index (χ0n) is 16.2. The smallest absolute Gasteiger partial charge is 0.259 e. The van der Waals surface area contributed by atoms with Crippen LogP contribution in [0.1, 0.15) is 40.4 Å². The van der Waals surface area contributed by atoms with Crippen LogP contribution in [0.25, 0.3) is 16.4 Å². The van der Waals surface area contributed by atoms with Crippen LogP contribution in [0.5, 0.6) is 0 Å². The van der Waals surface area contributed by atoms with Crippen molar-refractivity contribution in [3.8, 4) is 16.4 Å². The Morgan fingerprint density at radius 3 is 2.90 bits per heavy atom. The number of amides is 1. The number of imidazole rings is 1. The molecule has 8 heteroatoms. The first-order chi connectivity index (χ1) is 14.6. The number of nitrogens with one attached hydrogen (secondary N) is 1. The molecule has 0 radical (unpaired) electrons. The van der Waals surface area contributed by atoms with E-state index in [1.165, 1.54) is 17.4 Å². The van der Waals surface area contributed by atoms with E-state index in [2.05, 4.69) is 20.3 Å². The fourth-order valence-electron chi connectivity index (χ4n) is 3.33. The summed E-state index contributed by atoms with van der Waals surface area (Å²) < 4.78 is 16.5. The second-order valence-corrected chi connectivity index (χ2v) is 8.19. The summed E-state index contributed by atoms with van der Waals surface area (Å²) in [6.45, 7) is 1.82. The van der Waals surface area contributed by atoms with Crippen LogP contribution in [-0.2, 0) is 0 Å². The van der Waals surface area contributed by atoms with Crippen molar-refractivity contribution in [2.45, 2.75) is 25.7 Å². The summed E-state index contributed by atoms with van der Waals surface area (Å²) in [6.07, 6.45) is 7.68. The predicted molar refractivity (Wildman–Crippen MR) is 114 cm³/mol. The highest BCUT2D eigenvalue weighted by Gasteiger charge is 2.26. The minimum Gasteiger partial charge on any atom is -0.306 e. The van der Waals surface area contributed by atoms with Gasteiger partial charge in [0, 0.05) is 23.7 Å². The number of carbonyl (C=O) groups is 1. The van der Waals surface area contributed by atoms with Crippen molar-refractivity contribution in [1.29, 1.82) is 0 Å². The second kappa shape index (κ2) is 7.46. The van der Waals surface area contributed by atoms with Gasteiger partial charge in [0.25, 0.3) is 5.91 Å². The fourth-order valence-corrected chi connectivity index (χ4v) is 3.94. The number of rotatable bonds is 5. The van der Waals surface area contributed by atoms with Gasteiger partial charge in [0.05, 0.1) is 23.3 Å². The Hall–Kier alpha value is -3.39. The van der Waals surface area contributed by atoms with Crippen molar-refractivity contribution in [1.82, 2.24) is 19.5 Å². The predicted octanol–water partition coefficient (Wildman–Crippen LogP) is 4.97. The Bertz CT molecular complexity index is 1230. The molecule has 4 aromatic rings. The SMILES string of the molecule is Cc1cc(F)c(C(=O)Nc2cccc(-c3nccs3)n2)cc1-n1cnc(C2CC2)c1. The molecular formula is C22H18FN5OS. The van der Waals surface area contributed by atoms with Gasteiger partial charge in [-0.2, -0.15) is 0 Å². The number of aryl methyl sites for hydroxylation is 1. The second-order valence-electron chi connectivity index (χ2n) is 7.30. The standard InChI is InChI=1S/C22H18FN5OS/c1-13-9-16(23)15(10-19(13)28-11-18(25-12-28)14-5-6-14)21(29)27-20-4-2-3-17(26-20)22-24-7-8-30-22/h2-4,7-12,14H,5-6H2,1H3,(H,26,27,29). The van der Waals surface area contributed by atoms with E-state index < -0.39 is 11.7 Å². The molecule has 0 aliphatic heterocycles. The number of halogens is 1. The van der Waals surface area contributed by atoms with Gasteiger partial charge in [-0.25, -0.2) is 19.3 Å². The highest BCUT2D eigenvalue weighted by molar-refractivity contribution is 7.13. The number of aromatic nitrogens is 4. The molecule has 1 N–H and O–H groups in total. The van der Waals surface area contributed by atoms with E-state index in [1.54, 1.807) is 30.7 Å². The van der Waals surface area contributed by atoms with E-state index >= 15 is 0 Å². The lowest BCUT2D eigenvalue weighted by atomic mass is 10.1. The zero-order chi connectivity index (χ0) is 20.7. The van der Waals surface area contributed by atoms with Gasteiger partial charge >= 0.3 is 0 Å². The van der Waals surface area contributed by atoms with Crippen LogP contribution in [0, 0.1) is 12.7 Å². The number of benzene rings is 1. The van der Waals surface area contributed by atoms with Crippen LogP contribution >= 0.6 is 11.3 Å². The van der Waals surface area contributed by atoms with E-state index in [-0.39, 0.29) is 5.56 Å². The summed E-state index contributed by atoms with van der Waals surface area (Å²) in [5.41, 5.74) is 3.10. The molecule has 1 aromatic carbocycles. The van der Waals surface area contributed by atoms with Crippen LogP contribution in [0.3, 0.4) is 0 Å². The normalized spacial score (nSPS) is 13.4. The average molecular weight is 419 g/mol. The van der Waals surface area contributed by atoms with Crippen LogP contribution < -0.4 is 5.32 Å². The Balaban J connectivity index is 1.43. The van der Waals surface area contributed by atoms with Crippen molar-refractivity contribution in [3.05, 3.63) is 77.1 Å². The van der Waals surface area contributed by atoms with E-state index in [0.717, 1.165) is 34.8 Å². The molecule has 0 unspecified atom stereocenters. The number of pyridine rings is 1. The molecule has 30 heavy (non-hydrogen) atoms. The maximum Gasteiger partial charge on any atom is 0.259 e. The first kappa shape index (κ1) is 18.6. The lowest BCUT2D eigenvalue weighted by Gasteiger charge is -2.11. The third kappa shape index (κ3) is 3.61. The van der Waals surface area contributed by atoms with E-state index in [0.29, 0.717) is 17.4 Å². The summed E-state index contributed by atoms with van der Waals surface area (Å²) in [4.78, 5) is 25.9. The molecule has 3 heterocycles. The molecule has 150 valence electrons. The summed E-state index contributed by atoms with van der Waals surface area (Å²) >= 11 is 1.46. The molecule has 0 spiro atoms. The monoisotopic (exact) mass is 419 g/mol. The minimum atomic E-state index is -0.577. The summed E-state index contributed by atoms with van der Waals surface area (Å²) in [5, 5.41) is 5.30. The van der Waals surface area contributed by atoms with Gasteiger partial charge in [0.15, 0.2) is 0 Å². The molecule has 1 amide bonds. The topological polar surface area (TPSA) is 72.7 Å². The highest BCUT2D eigenvalue weighted by Crippen LogP contribution is 2.39. The number of hydrogen-bond donors (Lipinski definition) is 1. The largest absolute Gasteiger partial charge is 0.306 e. The van der Waals surface area contributed by atoms with Crippen molar-refractivity contribution in [2.24, 2.45) is 0 Å². The summed E-state index contributed by atoms with van der Waals surface area (Å²) in [7, 11) is 0. The number of thiazole rings is 1. The van der Waals surface area contributed by atoms with Crippen molar-refractivity contribution in [3.63, 3.8) is 0 Å². The molecule has 5 rings (SSSR count). The summed E-state index contributed by atoms with van der Waals surface area (Å²) in [6, 6.07) is 8.19. The molecular weight excluding hydrogens is 401 g/mol. The quantitative estimate of drug-likeness (QED) is 0.496. The van der Waals surface area contributed by atoms with Crippen LogP contribution in [0.2, 0.25) is 0 Å². The average Bonchev–Trinajstić information content (AvgIpc) is 3.23. The molecule has 1 saturated carbocycles. The Morgan fingerprint density at radius 1 is 1.27 bits per heavy atom. The molecule has 1 aliphatic rings. The molecule has 1 aliphatic carbocycles. The Morgan fingerprint density at radius 2 is 2.13 bits per heavy atom. The lowest BCUT2D eigenvalue weighted by molar-refractivity contribution is 0.102. The maximum atomic E-state index is 14.6. The van der Waals surface area contributed by atoms with Gasteiger partial charge in [0.1, 0.15) is 22.3 Å². The Kier molecular flexibility index (Phi) is 4.63. The van der Waals surface area contributed by atoms with Crippen molar-refractivity contribution in [2.75, 3.05) is 5.32 Å². The molecule has 6 nitrogen and oxygen atoms in total. The minimum absolute atomic E-state index is 0.0428. The molecule has 1 fully saturated rings. The van der Waals surface area contributed by atoms with Gasteiger partial charge in [-0.3, -0.25) is 4.79 Å². The van der Waals surface area contributed by atoms with E-state index in [4.69, 9.17) is 0 Å². The molecule has 3 aromatic heterocycles. The van der Waals surface area contributed by atoms with Gasteiger partial charge in [-0.15, -0.1) is 11.3 Å². The van der Waals surface area contributed by atoms with Crippen molar-refractivity contribution >= 4 is 23.1 Å². The number of hydrogen-bond acceptors (Lipinski definition) is 5. The maximum absolute atomic E-state index is 14.6. The van der Waals surface area contributed by atoms with Gasteiger partial charge in [0.2, 0.25) is 0 Å². The fraction of sp³-hybridized carbons (Fsp3) is 0.182. The van der Waals surface area contributed by atoms with Crippen molar-refractivity contribution < 1.29 is 9.18 Å². The van der Waals surface area contributed by atoms with Gasteiger partial charge in [-0.05, 0) is 49.6 Å².